The lowest BCUT2D eigenvalue weighted by Crippen LogP contribution is -1.81. The lowest BCUT2D eigenvalue weighted by atomic mass is 10.2. The fraction of sp³-hybridized carbons (Fsp3) is 0.714. The van der Waals surface area contributed by atoms with E-state index >= 15 is 0 Å². The van der Waals surface area contributed by atoms with Crippen molar-refractivity contribution in [3.05, 3.63) is 11.6 Å². The molecule has 0 aromatic carbocycles. The van der Waals surface area contributed by atoms with E-state index in [0.29, 0.717) is 0 Å². The highest BCUT2D eigenvalue weighted by Gasteiger charge is 2.01. The quantitative estimate of drug-likeness (QED) is 0.485. The fourth-order valence-electron chi connectivity index (χ4n) is 1.10. The van der Waals surface area contributed by atoms with Gasteiger partial charge in [0.2, 0.25) is 0 Å². The maximum Gasteiger partial charge on any atom is 0.0859 e. The van der Waals surface area contributed by atoms with Crippen LogP contribution in [0, 0.1) is 0 Å². The molecule has 1 radical (unpaired) electrons. The van der Waals surface area contributed by atoms with Crippen molar-refractivity contribution in [2.75, 3.05) is 6.61 Å². The van der Waals surface area contributed by atoms with Gasteiger partial charge in [0, 0.05) is 0 Å². The highest BCUT2D eigenvalue weighted by molar-refractivity contribution is 5.06. The molecule has 1 heteroatoms. The Bertz CT molecular complexity index is 94.6. The van der Waals surface area contributed by atoms with Gasteiger partial charge in [-0.2, -0.15) is 0 Å². The normalized spacial score (nSPS) is 18.9. The Morgan fingerprint density at radius 1 is 1.62 bits per heavy atom. The summed E-state index contributed by atoms with van der Waals surface area (Å²) in [6, 6.07) is 0. The zero-order valence-corrected chi connectivity index (χ0v) is 5.02. The van der Waals surface area contributed by atoms with Crippen molar-refractivity contribution in [1.29, 1.82) is 0 Å². The molecule has 45 valence electrons. The molecule has 0 amide bonds. The van der Waals surface area contributed by atoms with Crippen LogP contribution < -0.4 is 0 Å². The summed E-state index contributed by atoms with van der Waals surface area (Å²) in [5.41, 5.74) is 1.39. The van der Waals surface area contributed by atoms with Crippen LogP contribution in [0.4, 0.5) is 0 Å². The van der Waals surface area contributed by atoms with Crippen LogP contribution in [0.3, 0.4) is 0 Å². The summed E-state index contributed by atoms with van der Waals surface area (Å²) in [7, 11) is 0. The molecule has 1 aliphatic rings. The first kappa shape index (κ1) is 5.83. The second-order valence-electron chi connectivity index (χ2n) is 2.21. The smallest absolute Gasteiger partial charge is 0.0859 e. The molecular weight excluding hydrogens is 100 g/mol. The predicted octanol–water partition coefficient (Wildman–Crippen LogP) is 1.92. The molecule has 0 aromatic rings. The van der Waals surface area contributed by atoms with E-state index in [1.165, 1.54) is 24.8 Å². The zero-order chi connectivity index (χ0) is 5.82. The van der Waals surface area contributed by atoms with Crippen molar-refractivity contribution in [3.8, 4) is 0 Å². The van der Waals surface area contributed by atoms with E-state index in [1.807, 2.05) is 0 Å². The zero-order valence-electron chi connectivity index (χ0n) is 5.02. The Balaban J connectivity index is 2.23. The first-order chi connectivity index (χ1) is 3.93. The van der Waals surface area contributed by atoms with E-state index in [0.717, 1.165) is 6.42 Å². The molecule has 0 bridgehead atoms. The average molecular weight is 111 g/mol. The number of rotatable bonds is 2. The maximum absolute atomic E-state index is 10.0. The topological polar surface area (TPSA) is 19.9 Å². The summed E-state index contributed by atoms with van der Waals surface area (Å²) in [6.07, 6.45) is 6.66. The van der Waals surface area contributed by atoms with Crippen molar-refractivity contribution in [1.82, 2.24) is 0 Å². The molecule has 0 spiro atoms. The Kier molecular flexibility index (Phi) is 2.10. The van der Waals surface area contributed by atoms with Crippen molar-refractivity contribution in [3.63, 3.8) is 0 Å². The second-order valence-corrected chi connectivity index (χ2v) is 2.21. The Morgan fingerprint density at radius 3 is 3.00 bits per heavy atom. The molecule has 8 heavy (non-hydrogen) atoms. The van der Waals surface area contributed by atoms with Crippen LogP contribution in [0.25, 0.3) is 0 Å². The Morgan fingerprint density at radius 2 is 2.50 bits per heavy atom. The Labute approximate surface area is 50.0 Å². The van der Waals surface area contributed by atoms with Crippen LogP contribution in [0.2, 0.25) is 0 Å². The molecule has 0 atom stereocenters. The molecule has 1 aliphatic carbocycles. The third-order valence-corrected chi connectivity index (χ3v) is 1.56. The van der Waals surface area contributed by atoms with E-state index in [9.17, 15) is 5.11 Å². The van der Waals surface area contributed by atoms with E-state index < -0.39 is 0 Å². The Hall–Kier alpha value is -0.300. The molecular formula is C7H11O. The van der Waals surface area contributed by atoms with Gasteiger partial charge in [-0.25, -0.2) is 5.11 Å². The minimum absolute atomic E-state index is 0.0752. The summed E-state index contributed by atoms with van der Waals surface area (Å²) < 4.78 is 0. The van der Waals surface area contributed by atoms with Gasteiger partial charge < -0.3 is 0 Å². The van der Waals surface area contributed by atoms with Crippen LogP contribution in [0.1, 0.15) is 25.7 Å². The van der Waals surface area contributed by atoms with Gasteiger partial charge in [0.1, 0.15) is 0 Å². The average Bonchev–Trinajstić information content (AvgIpc) is 2.19. The van der Waals surface area contributed by atoms with Gasteiger partial charge in [-0.1, -0.05) is 11.6 Å². The largest absolute Gasteiger partial charge is 0.236 e. The van der Waals surface area contributed by atoms with Crippen LogP contribution in [-0.4, -0.2) is 6.61 Å². The maximum atomic E-state index is 10.0. The van der Waals surface area contributed by atoms with Crippen LogP contribution in [-0.2, 0) is 5.11 Å². The molecule has 0 heterocycles. The van der Waals surface area contributed by atoms with Gasteiger partial charge in [0.05, 0.1) is 6.61 Å². The summed E-state index contributed by atoms with van der Waals surface area (Å²) >= 11 is 0. The van der Waals surface area contributed by atoms with Crippen molar-refractivity contribution >= 4 is 0 Å². The minimum Gasteiger partial charge on any atom is -0.236 e. The van der Waals surface area contributed by atoms with Gasteiger partial charge in [-0.05, 0) is 25.7 Å². The third kappa shape index (κ3) is 1.34. The van der Waals surface area contributed by atoms with Crippen LogP contribution in [0.5, 0.6) is 0 Å². The number of hydrogen-bond acceptors (Lipinski definition) is 0. The third-order valence-electron chi connectivity index (χ3n) is 1.56. The molecule has 0 saturated carbocycles. The van der Waals surface area contributed by atoms with Crippen molar-refractivity contribution < 1.29 is 5.11 Å². The molecule has 0 saturated heterocycles. The monoisotopic (exact) mass is 111 g/mol. The fourth-order valence-corrected chi connectivity index (χ4v) is 1.10. The summed E-state index contributed by atoms with van der Waals surface area (Å²) in [4.78, 5) is 0. The molecule has 0 unspecified atom stereocenters. The molecule has 0 aliphatic heterocycles. The van der Waals surface area contributed by atoms with Gasteiger partial charge in [-0.3, -0.25) is 0 Å². The van der Waals surface area contributed by atoms with Gasteiger partial charge in [0.15, 0.2) is 0 Å². The van der Waals surface area contributed by atoms with Crippen LogP contribution in [0.15, 0.2) is 11.6 Å². The minimum atomic E-state index is 0.0752. The second kappa shape index (κ2) is 2.88. The van der Waals surface area contributed by atoms with Crippen molar-refractivity contribution in [2.24, 2.45) is 0 Å². The first-order valence-electron chi connectivity index (χ1n) is 3.19. The molecule has 1 rings (SSSR count). The number of allylic oxidation sites excluding steroid dienone is 1. The molecule has 0 fully saturated rings. The van der Waals surface area contributed by atoms with Crippen molar-refractivity contribution in [2.45, 2.75) is 25.7 Å². The van der Waals surface area contributed by atoms with E-state index in [2.05, 4.69) is 6.08 Å². The van der Waals surface area contributed by atoms with Gasteiger partial charge >= 0.3 is 0 Å². The molecule has 0 aromatic heterocycles. The van der Waals surface area contributed by atoms with Gasteiger partial charge in [-0.15, -0.1) is 0 Å². The summed E-state index contributed by atoms with van der Waals surface area (Å²) in [6.45, 7) is 0.0752. The highest BCUT2D eigenvalue weighted by atomic mass is 16.2. The lowest BCUT2D eigenvalue weighted by Gasteiger charge is -1.92. The van der Waals surface area contributed by atoms with Gasteiger partial charge in [0.25, 0.3) is 0 Å². The summed E-state index contributed by atoms with van der Waals surface area (Å²) in [5.74, 6) is 0. The SMILES string of the molecule is [O]CCC1=CCCC1. The van der Waals surface area contributed by atoms with E-state index in [4.69, 9.17) is 0 Å². The summed E-state index contributed by atoms with van der Waals surface area (Å²) in [5, 5.41) is 10.0. The molecule has 1 nitrogen and oxygen atoms in total. The number of hydrogen-bond donors (Lipinski definition) is 0. The van der Waals surface area contributed by atoms with E-state index in [-0.39, 0.29) is 6.61 Å². The lowest BCUT2D eigenvalue weighted by molar-refractivity contribution is 0.196. The van der Waals surface area contributed by atoms with Crippen LogP contribution >= 0.6 is 0 Å². The van der Waals surface area contributed by atoms with E-state index in [1.54, 1.807) is 0 Å². The highest BCUT2D eigenvalue weighted by Crippen LogP contribution is 2.19. The first-order valence-corrected chi connectivity index (χ1v) is 3.19. The standard InChI is InChI=1S/C7H11O/c8-6-5-7-3-1-2-4-7/h3H,1-2,4-6H2. The predicted molar refractivity (Wildman–Crippen MR) is 32.1 cm³/mol. The molecule has 0 N–H and O–H groups in total.